The van der Waals surface area contributed by atoms with E-state index in [-0.39, 0.29) is 18.1 Å². The van der Waals surface area contributed by atoms with Crippen LogP contribution in [0.5, 0.6) is 0 Å². The molecule has 0 bridgehead atoms. The van der Waals surface area contributed by atoms with Crippen LogP contribution in [0, 0.1) is 0 Å². The van der Waals surface area contributed by atoms with Crippen molar-refractivity contribution in [2.24, 2.45) is 0 Å². The monoisotopic (exact) mass is 180 g/mol. The van der Waals surface area contributed by atoms with E-state index in [0.29, 0.717) is 13.0 Å². The summed E-state index contributed by atoms with van der Waals surface area (Å²) in [6.45, 7) is 0.523. The van der Waals surface area contributed by atoms with Gasteiger partial charge >= 0.3 is 6.16 Å². The van der Waals surface area contributed by atoms with Crippen molar-refractivity contribution in [3.8, 4) is 0 Å². The summed E-state index contributed by atoms with van der Waals surface area (Å²) in [5.74, 6) is 0.276. The molecular formula is C6H9ClO4. The Hall–Kier alpha value is -0.480. The van der Waals surface area contributed by atoms with Crippen LogP contribution in [0.25, 0.3) is 0 Å². The van der Waals surface area contributed by atoms with Crippen LogP contribution in [-0.4, -0.2) is 36.0 Å². The van der Waals surface area contributed by atoms with Crippen LogP contribution in [0.15, 0.2) is 0 Å². The minimum atomic E-state index is -1.27. The molecule has 1 heterocycles. The quantitative estimate of drug-likeness (QED) is 0.510. The molecule has 0 aliphatic carbocycles. The Labute approximate surface area is 69.0 Å². The van der Waals surface area contributed by atoms with Gasteiger partial charge in [0.15, 0.2) is 0 Å². The maximum absolute atomic E-state index is 10.1. The molecule has 0 saturated carbocycles. The predicted molar refractivity (Wildman–Crippen MR) is 38.0 cm³/mol. The number of alkyl halides is 1. The lowest BCUT2D eigenvalue weighted by molar-refractivity contribution is 0.0135. The predicted octanol–water partition coefficient (Wildman–Crippen LogP) is 1.08. The molecule has 2 atom stereocenters. The maximum atomic E-state index is 10.1. The number of hydrogen-bond donors (Lipinski definition) is 1. The standard InChI is InChI=1S/C6H9ClO4/c7-3-5-4(1-2-10-5)11-6(8)9/h4-5H,1-3H2,(H,8,9)/t4?,5-/m1/s1. The molecule has 1 aliphatic rings. The maximum Gasteiger partial charge on any atom is 0.506 e. The van der Waals surface area contributed by atoms with Crippen molar-refractivity contribution in [1.29, 1.82) is 0 Å². The zero-order valence-electron chi connectivity index (χ0n) is 5.83. The molecule has 0 spiro atoms. The van der Waals surface area contributed by atoms with Gasteiger partial charge in [0.2, 0.25) is 0 Å². The molecule has 1 aliphatic heterocycles. The van der Waals surface area contributed by atoms with Gasteiger partial charge in [-0.25, -0.2) is 4.79 Å². The molecule has 11 heavy (non-hydrogen) atoms. The van der Waals surface area contributed by atoms with Gasteiger partial charge < -0.3 is 14.6 Å². The Bertz CT molecular complexity index is 150. The van der Waals surface area contributed by atoms with Crippen LogP contribution in [0.2, 0.25) is 0 Å². The van der Waals surface area contributed by atoms with Crippen LogP contribution in [0.4, 0.5) is 4.79 Å². The van der Waals surface area contributed by atoms with E-state index in [2.05, 4.69) is 4.74 Å². The first-order chi connectivity index (χ1) is 5.24. The molecule has 1 fully saturated rings. The smallest absolute Gasteiger partial charge is 0.450 e. The number of carbonyl (C=O) groups is 1. The molecule has 5 heteroatoms. The van der Waals surface area contributed by atoms with Crippen molar-refractivity contribution in [1.82, 2.24) is 0 Å². The lowest BCUT2D eigenvalue weighted by Crippen LogP contribution is -2.27. The Morgan fingerprint density at radius 1 is 1.82 bits per heavy atom. The zero-order chi connectivity index (χ0) is 8.27. The molecule has 1 N–H and O–H groups in total. The Morgan fingerprint density at radius 2 is 2.55 bits per heavy atom. The summed E-state index contributed by atoms with van der Waals surface area (Å²) in [5.41, 5.74) is 0. The van der Waals surface area contributed by atoms with E-state index in [1.165, 1.54) is 0 Å². The Morgan fingerprint density at radius 3 is 3.09 bits per heavy atom. The number of hydrogen-bond acceptors (Lipinski definition) is 3. The van der Waals surface area contributed by atoms with Gasteiger partial charge in [0.05, 0.1) is 12.5 Å². The van der Waals surface area contributed by atoms with E-state index < -0.39 is 6.16 Å². The third-order valence-electron chi connectivity index (χ3n) is 1.55. The first-order valence-electron chi connectivity index (χ1n) is 3.31. The third-order valence-corrected chi connectivity index (χ3v) is 1.86. The first kappa shape index (κ1) is 8.62. The lowest BCUT2D eigenvalue weighted by Gasteiger charge is -2.13. The van der Waals surface area contributed by atoms with Crippen molar-refractivity contribution >= 4 is 17.8 Å². The highest BCUT2D eigenvalue weighted by Crippen LogP contribution is 2.18. The molecular weight excluding hydrogens is 172 g/mol. The first-order valence-corrected chi connectivity index (χ1v) is 3.84. The zero-order valence-corrected chi connectivity index (χ0v) is 6.58. The number of carboxylic acid groups (broad SMARTS) is 1. The summed E-state index contributed by atoms with van der Waals surface area (Å²) in [4.78, 5) is 10.1. The van der Waals surface area contributed by atoms with Crippen LogP contribution < -0.4 is 0 Å². The Balaban J connectivity index is 2.37. The SMILES string of the molecule is O=C(O)OC1CCO[C@@H]1CCl. The van der Waals surface area contributed by atoms with Crippen molar-refractivity contribution < 1.29 is 19.4 Å². The summed E-state index contributed by atoms with van der Waals surface area (Å²) in [7, 11) is 0. The molecule has 1 unspecified atom stereocenters. The van der Waals surface area contributed by atoms with Gasteiger partial charge in [-0.2, -0.15) is 0 Å². The van der Waals surface area contributed by atoms with Crippen molar-refractivity contribution in [2.75, 3.05) is 12.5 Å². The summed E-state index contributed by atoms with van der Waals surface area (Å²) in [6.07, 6.45) is -1.32. The molecule has 1 rings (SSSR count). The highest BCUT2D eigenvalue weighted by Gasteiger charge is 2.30. The minimum Gasteiger partial charge on any atom is -0.450 e. The minimum absolute atomic E-state index is 0.271. The third kappa shape index (κ3) is 2.24. The molecule has 0 radical (unpaired) electrons. The topological polar surface area (TPSA) is 55.8 Å². The van der Waals surface area contributed by atoms with Crippen LogP contribution in [0.1, 0.15) is 6.42 Å². The summed E-state index contributed by atoms with van der Waals surface area (Å²) in [6, 6.07) is 0. The fourth-order valence-electron chi connectivity index (χ4n) is 1.04. The van der Waals surface area contributed by atoms with E-state index in [9.17, 15) is 4.79 Å². The number of ether oxygens (including phenoxy) is 2. The molecule has 1 saturated heterocycles. The second-order valence-corrected chi connectivity index (χ2v) is 2.58. The van der Waals surface area contributed by atoms with Gasteiger partial charge in [0.1, 0.15) is 12.2 Å². The number of rotatable bonds is 2. The molecule has 64 valence electrons. The normalized spacial score (nSPS) is 30.3. The van der Waals surface area contributed by atoms with E-state index in [1.807, 2.05) is 0 Å². The molecule has 0 aromatic heterocycles. The van der Waals surface area contributed by atoms with Crippen molar-refractivity contribution in [3.63, 3.8) is 0 Å². The average Bonchev–Trinajstić information content (AvgIpc) is 2.34. The lowest BCUT2D eigenvalue weighted by atomic mass is 10.2. The van der Waals surface area contributed by atoms with E-state index >= 15 is 0 Å². The van der Waals surface area contributed by atoms with E-state index in [1.54, 1.807) is 0 Å². The van der Waals surface area contributed by atoms with Gasteiger partial charge in [0, 0.05) is 6.42 Å². The van der Waals surface area contributed by atoms with Crippen LogP contribution in [-0.2, 0) is 9.47 Å². The van der Waals surface area contributed by atoms with E-state index in [4.69, 9.17) is 21.4 Å². The second kappa shape index (κ2) is 3.78. The van der Waals surface area contributed by atoms with Crippen molar-refractivity contribution in [3.05, 3.63) is 0 Å². The van der Waals surface area contributed by atoms with Crippen LogP contribution in [0.3, 0.4) is 0 Å². The fourth-order valence-corrected chi connectivity index (χ4v) is 1.32. The molecule has 4 nitrogen and oxygen atoms in total. The Kier molecular flexibility index (Phi) is 2.96. The highest BCUT2D eigenvalue weighted by atomic mass is 35.5. The molecule has 0 amide bonds. The summed E-state index contributed by atoms with van der Waals surface area (Å²) < 4.78 is 9.62. The van der Waals surface area contributed by atoms with Gasteiger partial charge in [-0.15, -0.1) is 11.6 Å². The summed E-state index contributed by atoms with van der Waals surface area (Å²) in [5, 5.41) is 8.27. The van der Waals surface area contributed by atoms with E-state index in [0.717, 1.165) is 0 Å². The van der Waals surface area contributed by atoms with Crippen molar-refractivity contribution in [2.45, 2.75) is 18.6 Å². The highest BCUT2D eigenvalue weighted by molar-refractivity contribution is 6.18. The molecule has 0 aromatic carbocycles. The van der Waals surface area contributed by atoms with Gasteiger partial charge in [0.25, 0.3) is 0 Å². The van der Waals surface area contributed by atoms with Crippen LogP contribution >= 0.6 is 11.6 Å². The van der Waals surface area contributed by atoms with Gasteiger partial charge in [-0.05, 0) is 0 Å². The largest absolute Gasteiger partial charge is 0.506 e. The van der Waals surface area contributed by atoms with Gasteiger partial charge in [-0.1, -0.05) is 0 Å². The molecule has 0 aromatic rings. The second-order valence-electron chi connectivity index (χ2n) is 2.27. The number of halogens is 1. The summed E-state index contributed by atoms with van der Waals surface area (Å²) >= 11 is 5.49. The average molecular weight is 181 g/mol. The van der Waals surface area contributed by atoms with Gasteiger partial charge in [-0.3, -0.25) is 0 Å². The fraction of sp³-hybridized carbons (Fsp3) is 0.833.